The summed E-state index contributed by atoms with van der Waals surface area (Å²) in [4.78, 5) is 0. The van der Waals surface area contributed by atoms with E-state index >= 15 is 0 Å². The standard InChI is InChI=1S/C14H22N2/c1-11-7-14(8-11)16-10-13(15)9-12-5-3-2-4-6-12/h2-6,11,13-14,16H,7-10,15H2,1H3. The smallest absolute Gasteiger partial charge is 0.0206 e. The molecule has 1 fully saturated rings. The molecule has 1 aliphatic rings. The SMILES string of the molecule is CC1CC(NCC(N)Cc2ccccc2)C1. The third-order valence-corrected chi connectivity index (χ3v) is 3.38. The first-order valence-electron chi connectivity index (χ1n) is 6.27. The summed E-state index contributed by atoms with van der Waals surface area (Å²) in [7, 11) is 0. The Labute approximate surface area is 98.2 Å². The summed E-state index contributed by atoms with van der Waals surface area (Å²) in [6.07, 6.45) is 3.60. The fourth-order valence-corrected chi connectivity index (χ4v) is 2.38. The van der Waals surface area contributed by atoms with Crippen molar-refractivity contribution in [3.05, 3.63) is 35.9 Å². The van der Waals surface area contributed by atoms with Gasteiger partial charge in [-0.2, -0.15) is 0 Å². The number of hydrogen-bond donors (Lipinski definition) is 2. The maximum atomic E-state index is 6.10. The number of hydrogen-bond acceptors (Lipinski definition) is 2. The minimum Gasteiger partial charge on any atom is -0.326 e. The van der Waals surface area contributed by atoms with Gasteiger partial charge in [0.05, 0.1) is 0 Å². The van der Waals surface area contributed by atoms with Crippen molar-refractivity contribution in [2.75, 3.05) is 6.54 Å². The monoisotopic (exact) mass is 218 g/mol. The molecule has 1 aromatic carbocycles. The lowest BCUT2D eigenvalue weighted by Gasteiger charge is -2.34. The molecule has 0 aromatic heterocycles. The van der Waals surface area contributed by atoms with E-state index in [0.29, 0.717) is 0 Å². The molecular weight excluding hydrogens is 196 g/mol. The number of benzene rings is 1. The van der Waals surface area contributed by atoms with Gasteiger partial charge >= 0.3 is 0 Å². The van der Waals surface area contributed by atoms with Gasteiger partial charge < -0.3 is 11.1 Å². The van der Waals surface area contributed by atoms with Crippen LogP contribution in [0.5, 0.6) is 0 Å². The van der Waals surface area contributed by atoms with E-state index in [-0.39, 0.29) is 6.04 Å². The lowest BCUT2D eigenvalue weighted by atomic mass is 9.82. The van der Waals surface area contributed by atoms with Crippen LogP contribution in [0.3, 0.4) is 0 Å². The Bertz CT molecular complexity index is 304. The summed E-state index contributed by atoms with van der Waals surface area (Å²) in [5.74, 6) is 0.905. The Balaban J connectivity index is 1.66. The number of rotatable bonds is 5. The number of nitrogens with two attached hydrogens (primary N) is 1. The molecule has 1 unspecified atom stereocenters. The van der Waals surface area contributed by atoms with E-state index in [0.717, 1.165) is 24.9 Å². The van der Waals surface area contributed by atoms with Crippen LogP contribution in [0.4, 0.5) is 0 Å². The van der Waals surface area contributed by atoms with Gasteiger partial charge in [-0.3, -0.25) is 0 Å². The van der Waals surface area contributed by atoms with E-state index in [1.54, 1.807) is 0 Å². The van der Waals surface area contributed by atoms with Crippen molar-refractivity contribution < 1.29 is 0 Å². The van der Waals surface area contributed by atoms with E-state index < -0.39 is 0 Å². The molecule has 0 saturated heterocycles. The van der Waals surface area contributed by atoms with Crippen LogP contribution in [-0.2, 0) is 6.42 Å². The largest absolute Gasteiger partial charge is 0.326 e. The molecular formula is C14H22N2. The highest BCUT2D eigenvalue weighted by atomic mass is 15.0. The molecule has 16 heavy (non-hydrogen) atoms. The molecule has 2 heteroatoms. The molecule has 1 aromatic rings. The van der Waals surface area contributed by atoms with Gasteiger partial charge in [-0.05, 0) is 30.7 Å². The zero-order valence-electron chi connectivity index (χ0n) is 10.0. The first kappa shape index (κ1) is 11.6. The Hall–Kier alpha value is -0.860. The average Bonchev–Trinajstić information content (AvgIpc) is 2.24. The van der Waals surface area contributed by atoms with Crippen molar-refractivity contribution >= 4 is 0 Å². The van der Waals surface area contributed by atoms with Crippen LogP contribution < -0.4 is 11.1 Å². The molecule has 1 atom stereocenters. The van der Waals surface area contributed by atoms with Crippen LogP contribution in [0.15, 0.2) is 30.3 Å². The van der Waals surface area contributed by atoms with E-state index in [2.05, 4.69) is 36.5 Å². The van der Waals surface area contributed by atoms with Gasteiger partial charge in [0.2, 0.25) is 0 Å². The van der Waals surface area contributed by atoms with E-state index in [1.807, 2.05) is 6.07 Å². The zero-order valence-corrected chi connectivity index (χ0v) is 10.0. The molecule has 1 aliphatic carbocycles. The van der Waals surface area contributed by atoms with Crippen LogP contribution in [0.1, 0.15) is 25.3 Å². The summed E-state index contributed by atoms with van der Waals surface area (Å²) in [5, 5.41) is 3.54. The average molecular weight is 218 g/mol. The third-order valence-electron chi connectivity index (χ3n) is 3.38. The van der Waals surface area contributed by atoms with Gasteiger partial charge in [-0.1, -0.05) is 37.3 Å². The Morgan fingerprint density at radius 2 is 2.00 bits per heavy atom. The van der Waals surface area contributed by atoms with Gasteiger partial charge in [0, 0.05) is 18.6 Å². The molecule has 0 spiro atoms. The Kier molecular flexibility index (Phi) is 3.97. The molecule has 1 saturated carbocycles. The second-order valence-electron chi connectivity index (χ2n) is 5.13. The lowest BCUT2D eigenvalue weighted by Crippen LogP contribution is -2.46. The summed E-state index contributed by atoms with van der Waals surface area (Å²) < 4.78 is 0. The third kappa shape index (κ3) is 3.32. The molecule has 0 aliphatic heterocycles. The van der Waals surface area contributed by atoms with Crippen molar-refractivity contribution in [3.63, 3.8) is 0 Å². The van der Waals surface area contributed by atoms with E-state index in [1.165, 1.54) is 18.4 Å². The van der Waals surface area contributed by atoms with Crippen LogP contribution in [-0.4, -0.2) is 18.6 Å². The first-order valence-corrected chi connectivity index (χ1v) is 6.27. The Morgan fingerprint density at radius 1 is 1.31 bits per heavy atom. The molecule has 88 valence electrons. The maximum Gasteiger partial charge on any atom is 0.0206 e. The van der Waals surface area contributed by atoms with Crippen LogP contribution in [0, 0.1) is 5.92 Å². The molecule has 0 radical (unpaired) electrons. The van der Waals surface area contributed by atoms with Gasteiger partial charge in [-0.25, -0.2) is 0 Å². The van der Waals surface area contributed by atoms with E-state index in [4.69, 9.17) is 5.73 Å². The predicted octanol–water partition coefficient (Wildman–Crippen LogP) is 1.94. The van der Waals surface area contributed by atoms with E-state index in [9.17, 15) is 0 Å². The molecule has 2 nitrogen and oxygen atoms in total. The lowest BCUT2D eigenvalue weighted by molar-refractivity contribution is 0.238. The van der Waals surface area contributed by atoms with Crippen LogP contribution in [0.25, 0.3) is 0 Å². The van der Waals surface area contributed by atoms with Crippen LogP contribution in [0.2, 0.25) is 0 Å². The zero-order chi connectivity index (χ0) is 11.4. The highest BCUT2D eigenvalue weighted by Gasteiger charge is 2.24. The minimum absolute atomic E-state index is 0.235. The highest BCUT2D eigenvalue weighted by molar-refractivity contribution is 5.15. The van der Waals surface area contributed by atoms with Crippen molar-refractivity contribution in [1.82, 2.24) is 5.32 Å². The summed E-state index contributed by atoms with van der Waals surface area (Å²) in [5.41, 5.74) is 7.44. The van der Waals surface area contributed by atoms with Crippen molar-refractivity contribution in [2.24, 2.45) is 11.7 Å². The predicted molar refractivity (Wildman–Crippen MR) is 68.3 cm³/mol. The molecule has 0 heterocycles. The summed E-state index contributed by atoms with van der Waals surface area (Å²) in [6, 6.07) is 11.4. The van der Waals surface area contributed by atoms with Crippen molar-refractivity contribution in [3.8, 4) is 0 Å². The minimum atomic E-state index is 0.235. The molecule has 3 N–H and O–H groups in total. The molecule has 0 bridgehead atoms. The fraction of sp³-hybridized carbons (Fsp3) is 0.571. The first-order chi connectivity index (χ1) is 7.74. The van der Waals surface area contributed by atoms with Crippen molar-refractivity contribution in [1.29, 1.82) is 0 Å². The highest BCUT2D eigenvalue weighted by Crippen LogP contribution is 2.25. The van der Waals surface area contributed by atoms with Gasteiger partial charge in [0.25, 0.3) is 0 Å². The molecule has 2 rings (SSSR count). The Morgan fingerprint density at radius 3 is 2.62 bits per heavy atom. The maximum absolute atomic E-state index is 6.10. The van der Waals surface area contributed by atoms with Crippen molar-refractivity contribution in [2.45, 2.75) is 38.3 Å². The quantitative estimate of drug-likeness (QED) is 0.792. The summed E-state index contributed by atoms with van der Waals surface area (Å²) >= 11 is 0. The van der Waals surface area contributed by atoms with Crippen LogP contribution >= 0.6 is 0 Å². The summed E-state index contributed by atoms with van der Waals surface area (Å²) in [6.45, 7) is 3.24. The fourth-order valence-electron chi connectivity index (χ4n) is 2.38. The second kappa shape index (κ2) is 5.46. The topological polar surface area (TPSA) is 38.0 Å². The van der Waals surface area contributed by atoms with Gasteiger partial charge in [-0.15, -0.1) is 0 Å². The molecule has 0 amide bonds. The second-order valence-corrected chi connectivity index (χ2v) is 5.13. The van der Waals surface area contributed by atoms with Gasteiger partial charge in [0.1, 0.15) is 0 Å². The van der Waals surface area contributed by atoms with Gasteiger partial charge in [0.15, 0.2) is 0 Å². The number of nitrogens with one attached hydrogen (secondary N) is 1. The normalized spacial score (nSPS) is 26.1.